The number of rotatable bonds is 8. The number of carbonyl (C=O) groups is 2. The molecule has 8 heteroatoms. The molecule has 1 heterocycles. The Hall–Kier alpha value is -2.32. The van der Waals surface area contributed by atoms with Crippen molar-refractivity contribution in [2.45, 2.75) is 24.0 Å². The van der Waals surface area contributed by atoms with E-state index in [2.05, 4.69) is 30.4 Å². The number of hydrogen-bond acceptors (Lipinski definition) is 5. The summed E-state index contributed by atoms with van der Waals surface area (Å²) in [4.78, 5) is 24.3. The standard InChI is InChI=1S/C20H22N2O4S2/c1-15-5-4-6-16(13-15)14-27-12-10-21-19(23)9-11-22-20(24)17-7-2-3-8-18(17)28(22,25)26/h2-8,13H,9-12,14H2,1H3,(H,21,23). The van der Waals surface area contributed by atoms with E-state index in [1.54, 1.807) is 23.9 Å². The Kier molecular flexibility index (Phi) is 6.41. The van der Waals surface area contributed by atoms with E-state index >= 15 is 0 Å². The minimum atomic E-state index is -3.85. The summed E-state index contributed by atoms with van der Waals surface area (Å²) in [6.07, 6.45) is -0.0541. The van der Waals surface area contributed by atoms with Gasteiger partial charge in [-0.05, 0) is 24.6 Å². The number of aryl methyl sites for hydroxylation is 1. The number of nitrogens with zero attached hydrogens (tertiary/aromatic N) is 1. The zero-order chi connectivity index (χ0) is 20.1. The van der Waals surface area contributed by atoms with Crippen LogP contribution in [0.2, 0.25) is 0 Å². The van der Waals surface area contributed by atoms with Crippen LogP contribution >= 0.6 is 11.8 Å². The maximum Gasteiger partial charge on any atom is 0.269 e. The lowest BCUT2D eigenvalue weighted by Crippen LogP contribution is -2.35. The molecule has 0 atom stereocenters. The lowest BCUT2D eigenvalue weighted by Gasteiger charge is -2.14. The van der Waals surface area contributed by atoms with Gasteiger partial charge in [0.05, 0.1) is 5.56 Å². The molecule has 2 amide bonds. The monoisotopic (exact) mass is 418 g/mol. The Morgan fingerprint density at radius 3 is 2.68 bits per heavy atom. The fourth-order valence-corrected chi connectivity index (χ4v) is 5.37. The van der Waals surface area contributed by atoms with Crippen LogP contribution in [0.4, 0.5) is 0 Å². The fourth-order valence-electron chi connectivity index (χ4n) is 3.00. The molecule has 0 spiro atoms. The van der Waals surface area contributed by atoms with Crippen molar-refractivity contribution < 1.29 is 18.0 Å². The molecule has 0 aliphatic carbocycles. The minimum absolute atomic E-state index is 0.00737. The van der Waals surface area contributed by atoms with Crippen LogP contribution in [0.1, 0.15) is 27.9 Å². The Morgan fingerprint density at radius 1 is 1.14 bits per heavy atom. The highest BCUT2D eigenvalue weighted by Gasteiger charge is 2.40. The first kappa shape index (κ1) is 20.4. The second-order valence-corrected chi connectivity index (χ2v) is 9.46. The van der Waals surface area contributed by atoms with E-state index in [1.165, 1.54) is 23.3 Å². The van der Waals surface area contributed by atoms with Gasteiger partial charge in [-0.25, -0.2) is 12.7 Å². The van der Waals surface area contributed by atoms with Gasteiger partial charge in [0.1, 0.15) is 4.90 Å². The van der Waals surface area contributed by atoms with Crippen molar-refractivity contribution in [3.05, 3.63) is 65.2 Å². The molecule has 0 saturated heterocycles. The molecule has 1 N–H and O–H groups in total. The molecule has 0 saturated carbocycles. The van der Waals surface area contributed by atoms with E-state index in [0.717, 1.165) is 15.8 Å². The lowest BCUT2D eigenvalue weighted by molar-refractivity contribution is -0.120. The molecule has 2 aromatic rings. The van der Waals surface area contributed by atoms with Crippen LogP contribution in [0.25, 0.3) is 0 Å². The molecule has 3 rings (SSSR count). The lowest BCUT2D eigenvalue weighted by atomic mass is 10.2. The SMILES string of the molecule is Cc1cccc(CSCCNC(=O)CCN2C(=O)c3ccccc3S2(=O)=O)c1. The molecule has 148 valence electrons. The molecule has 1 aliphatic heterocycles. The number of carbonyl (C=O) groups excluding carboxylic acids is 2. The maximum absolute atomic E-state index is 12.4. The van der Waals surface area contributed by atoms with Crippen LogP contribution in [0, 0.1) is 6.92 Å². The van der Waals surface area contributed by atoms with Crippen molar-refractivity contribution >= 4 is 33.6 Å². The van der Waals surface area contributed by atoms with Gasteiger partial charge < -0.3 is 5.32 Å². The Balaban J connectivity index is 1.41. The van der Waals surface area contributed by atoms with Crippen LogP contribution in [0.3, 0.4) is 0 Å². The summed E-state index contributed by atoms with van der Waals surface area (Å²) < 4.78 is 25.7. The molecular formula is C20H22N2O4S2. The van der Waals surface area contributed by atoms with Crippen LogP contribution in [-0.2, 0) is 20.6 Å². The van der Waals surface area contributed by atoms with Crippen LogP contribution in [-0.4, -0.2) is 43.4 Å². The molecule has 0 radical (unpaired) electrons. The van der Waals surface area contributed by atoms with E-state index < -0.39 is 15.9 Å². The minimum Gasteiger partial charge on any atom is -0.355 e. The zero-order valence-electron chi connectivity index (χ0n) is 15.6. The van der Waals surface area contributed by atoms with E-state index in [1.807, 2.05) is 6.07 Å². The molecule has 0 aromatic heterocycles. The van der Waals surface area contributed by atoms with E-state index in [0.29, 0.717) is 6.54 Å². The largest absolute Gasteiger partial charge is 0.355 e. The Bertz CT molecular complexity index is 989. The quantitative estimate of drug-likeness (QED) is 0.666. The van der Waals surface area contributed by atoms with E-state index in [-0.39, 0.29) is 29.3 Å². The molecule has 1 aliphatic rings. The third kappa shape index (κ3) is 4.56. The van der Waals surface area contributed by atoms with Gasteiger partial charge in [-0.2, -0.15) is 11.8 Å². The topological polar surface area (TPSA) is 83.6 Å². The van der Waals surface area contributed by atoms with Gasteiger partial charge in [0.25, 0.3) is 15.9 Å². The second kappa shape index (κ2) is 8.79. The smallest absolute Gasteiger partial charge is 0.269 e. The van der Waals surface area contributed by atoms with Crippen molar-refractivity contribution in [2.75, 3.05) is 18.8 Å². The van der Waals surface area contributed by atoms with Gasteiger partial charge >= 0.3 is 0 Å². The normalized spacial score (nSPS) is 14.8. The second-order valence-electron chi connectivity index (χ2n) is 6.52. The third-order valence-electron chi connectivity index (χ3n) is 4.37. The molecule has 28 heavy (non-hydrogen) atoms. The molecule has 6 nitrogen and oxygen atoms in total. The zero-order valence-corrected chi connectivity index (χ0v) is 17.2. The summed E-state index contributed by atoms with van der Waals surface area (Å²) in [7, 11) is -3.85. The summed E-state index contributed by atoms with van der Waals surface area (Å²) in [6, 6.07) is 14.4. The Morgan fingerprint density at radius 2 is 1.93 bits per heavy atom. The van der Waals surface area contributed by atoms with E-state index in [4.69, 9.17) is 0 Å². The first-order chi connectivity index (χ1) is 13.4. The van der Waals surface area contributed by atoms with Crippen LogP contribution in [0.5, 0.6) is 0 Å². The van der Waals surface area contributed by atoms with E-state index in [9.17, 15) is 18.0 Å². The molecule has 0 unspecified atom stereocenters. The average Bonchev–Trinajstić information content (AvgIpc) is 2.86. The molecule has 2 aromatic carbocycles. The van der Waals surface area contributed by atoms with Crippen molar-refractivity contribution in [1.82, 2.24) is 9.62 Å². The average molecular weight is 419 g/mol. The van der Waals surface area contributed by atoms with Gasteiger partial charge in [0.15, 0.2) is 0 Å². The summed E-state index contributed by atoms with van der Waals surface area (Å²) >= 11 is 1.72. The number of hydrogen-bond donors (Lipinski definition) is 1. The predicted molar refractivity (Wildman–Crippen MR) is 110 cm³/mol. The van der Waals surface area contributed by atoms with Gasteiger partial charge in [-0.15, -0.1) is 0 Å². The van der Waals surface area contributed by atoms with Crippen molar-refractivity contribution in [3.63, 3.8) is 0 Å². The highest BCUT2D eigenvalue weighted by Crippen LogP contribution is 2.29. The van der Waals surface area contributed by atoms with Gasteiger partial charge in [-0.1, -0.05) is 42.0 Å². The maximum atomic E-state index is 12.4. The van der Waals surface area contributed by atoms with Crippen molar-refractivity contribution in [1.29, 1.82) is 0 Å². The third-order valence-corrected chi connectivity index (χ3v) is 7.24. The summed E-state index contributed by atoms with van der Waals surface area (Å²) in [5.41, 5.74) is 2.63. The first-order valence-electron chi connectivity index (χ1n) is 8.95. The number of fused-ring (bicyclic) bond motifs is 1. The van der Waals surface area contributed by atoms with Crippen molar-refractivity contribution in [2.24, 2.45) is 0 Å². The predicted octanol–water partition coefficient (Wildman–Crippen LogP) is 2.58. The van der Waals surface area contributed by atoms with Crippen LogP contribution in [0.15, 0.2) is 53.4 Å². The fraction of sp³-hybridized carbons (Fsp3) is 0.300. The van der Waals surface area contributed by atoms with Crippen LogP contribution < -0.4 is 5.32 Å². The highest BCUT2D eigenvalue weighted by atomic mass is 32.2. The van der Waals surface area contributed by atoms with Crippen molar-refractivity contribution in [3.8, 4) is 0 Å². The number of benzene rings is 2. The van der Waals surface area contributed by atoms with Gasteiger partial charge in [-0.3, -0.25) is 9.59 Å². The number of amides is 2. The summed E-state index contributed by atoms with van der Waals surface area (Å²) in [5.74, 6) is 0.787. The number of sulfonamides is 1. The summed E-state index contributed by atoms with van der Waals surface area (Å²) in [5, 5.41) is 2.78. The number of nitrogens with one attached hydrogen (secondary N) is 1. The molecular weight excluding hydrogens is 396 g/mol. The molecule has 0 bridgehead atoms. The molecule has 0 fully saturated rings. The first-order valence-corrected chi connectivity index (χ1v) is 11.5. The van der Waals surface area contributed by atoms with Gasteiger partial charge in [0.2, 0.25) is 5.91 Å². The Labute approximate surface area is 169 Å². The summed E-state index contributed by atoms with van der Waals surface area (Å²) in [6.45, 7) is 2.40. The highest BCUT2D eigenvalue weighted by molar-refractivity contribution is 7.98. The number of thioether (sulfide) groups is 1. The van der Waals surface area contributed by atoms with Gasteiger partial charge in [0, 0.05) is 31.0 Å².